The van der Waals surface area contributed by atoms with Crippen molar-refractivity contribution in [3.05, 3.63) is 71.8 Å². The molecule has 0 radical (unpaired) electrons. The van der Waals surface area contributed by atoms with Crippen molar-refractivity contribution in [2.24, 2.45) is 0 Å². The number of carbonyl (C=O) groups excluding carboxylic acids is 1. The Kier molecular flexibility index (Phi) is 5.65. The number of hydrogen-bond acceptors (Lipinski definition) is 3. The van der Waals surface area contributed by atoms with Crippen LogP contribution < -0.4 is 4.74 Å². The van der Waals surface area contributed by atoms with Crippen LogP contribution in [0, 0.1) is 0 Å². The smallest absolute Gasteiger partial charge is 0.410 e. The minimum atomic E-state index is -0.194. The molecule has 2 heterocycles. The molecule has 1 saturated heterocycles. The third kappa shape index (κ3) is 4.06. The summed E-state index contributed by atoms with van der Waals surface area (Å²) in [4.78, 5) is 14.8. The third-order valence-corrected chi connectivity index (χ3v) is 5.59. The number of ether oxygens (including phenoxy) is 2. The van der Waals surface area contributed by atoms with Crippen LogP contribution in [0.2, 0.25) is 0 Å². The number of benzene rings is 2. The van der Waals surface area contributed by atoms with Gasteiger partial charge in [-0.1, -0.05) is 48.5 Å². The van der Waals surface area contributed by atoms with E-state index in [2.05, 4.69) is 18.2 Å². The van der Waals surface area contributed by atoms with E-state index in [9.17, 15) is 4.79 Å². The zero-order valence-corrected chi connectivity index (χ0v) is 16.3. The Balaban J connectivity index is 1.47. The molecule has 1 amide bonds. The maximum Gasteiger partial charge on any atom is 0.410 e. The van der Waals surface area contributed by atoms with E-state index in [1.807, 2.05) is 54.3 Å². The number of carbonyl (C=O) groups is 1. The van der Waals surface area contributed by atoms with Crippen molar-refractivity contribution < 1.29 is 14.3 Å². The maximum atomic E-state index is 12.8. The van der Waals surface area contributed by atoms with Crippen molar-refractivity contribution >= 4 is 11.7 Å². The lowest BCUT2D eigenvalue weighted by Gasteiger charge is -2.44. The molecule has 4 nitrogen and oxygen atoms in total. The van der Waals surface area contributed by atoms with Crippen LogP contribution in [0.3, 0.4) is 0 Å². The van der Waals surface area contributed by atoms with Gasteiger partial charge in [0.05, 0.1) is 12.6 Å². The quantitative estimate of drug-likeness (QED) is 0.697. The summed E-state index contributed by atoms with van der Waals surface area (Å²) in [6.45, 7) is 2.99. The highest BCUT2D eigenvalue weighted by atomic mass is 16.6. The van der Waals surface area contributed by atoms with E-state index in [4.69, 9.17) is 9.47 Å². The summed E-state index contributed by atoms with van der Waals surface area (Å²) in [6, 6.07) is 18.5. The molecule has 4 rings (SSSR count). The zero-order chi connectivity index (χ0) is 19.3. The standard InChI is InChI=1S/C24H27NO3/c1-2-27-23-13-11-19(12-14-23)20-15-21-9-6-10-22(16-20)25(21)24(26)28-17-18-7-4-3-5-8-18/h3-5,7-8,11-15,21-22H,2,6,9-10,16-17H2,1H3. The highest BCUT2D eigenvalue weighted by molar-refractivity contribution is 5.74. The van der Waals surface area contributed by atoms with Gasteiger partial charge in [0.15, 0.2) is 0 Å². The van der Waals surface area contributed by atoms with Crippen LogP contribution in [0.15, 0.2) is 60.7 Å². The van der Waals surface area contributed by atoms with Gasteiger partial charge < -0.3 is 9.47 Å². The monoisotopic (exact) mass is 377 g/mol. The van der Waals surface area contributed by atoms with Crippen LogP contribution in [0.5, 0.6) is 5.75 Å². The van der Waals surface area contributed by atoms with E-state index in [0.717, 1.165) is 37.0 Å². The fourth-order valence-electron chi connectivity index (χ4n) is 4.25. The molecule has 0 spiro atoms. The number of piperidine rings is 1. The van der Waals surface area contributed by atoms with Gasteiger partial charge in [0, 0.05) is 6.04 Å². The van der Waals surface area contributed by atoms with Gasteiger partial charge in [0.2, 0.25) is 0 Å². The van der Waals surface area contributed by atoms with Crippen molar-refractivity contribution in [3.8, 4) is 5.75 Å². The molecule has 2 aliphatic heterocycles. The first-order valence-corrected chi connectivity index (χ1v) is 10.2. The summed E-state index contributed by atoms with van der Waals surface area (Å²) in [5.41, 5.74) is 3.56. The second kappa shape index (κ2) is 8.51. The lowest BCUT2D eigenvalue weighted by Crippen LogP contribution is -2.51. The Morgan fingerprint density at radius 1 is 1.07 bits per heavy atom. The second-order valence-electron chi connectivity index (χ2n) is 7.45. The summed E-state index contributed by atoms with van der Waals surface area (Å²) in [6.07, 6.45) is 6.13. The second-order valence-corrected chi connectivity index (χ2v) is 7.45. The molecule has 0 N–H and O–H groups in total. The number of rotatable bonds is 5. The topological polar surface area (TPSA) is 38.8 Å². The van der Waals surface area contributed by atoms with E-state index < -0.39 is 0 Å². The third-order valence-electron chi connectivity index (χ3n) is 5.59. The van der Waals surface area contributed by atoms with Gasteiger partial charge in [-0.2, -0.15) is 0 Å². The average Bonchev–Trinajstić information content (AvgIpc) is 2.72. The van der Waals surface area contributed by atoms with Gasteiger partial charge in [-0.15, -0.1) is 0 Å². The Morgan fingerprint density at radius 3 is 2.57 bits per heavy atom. The van der Waals surface area contributed by atoms with Gasteiger partial charge >= 0.3 is 6.09 Å². The van der Waals surface area contributed by atoms with Crippen molar-refractivity contribution in [2.45, 2.75) is 51.3 Å². The van der Waals surface area contributed by atoms with Crippen molar-refractivity contribution in [2.75, 3.05) is 6.61 Å². The molecule has 2 atom stereocenters. The molecule has 4 heteroatoms. The average molecular weight is 377 g/mol. The first-order valence-electron chi connectivity index (χ1n) is 10.2. The Morgan fingerprint density at radius 2 is 1.86 bits per heavy atom. The molecule has 2 aromatic rings. The minimum Gasteiger partial charge on any atom is -0.494 e. The summed E-state index contributed by atoms with van der Waals surface area (Å²) >= 11 is 0. The van der Waals surface area contributed by atoms with E-state index in [1.54, 1.807) is 0 Å². The number of nitrogens with zero attached hydrogens (tertiary/aromatic N) is 1. The molecule has 2 aromatic carbocycles. The summed E-state index contributed by atoms with van der Waals surface area (Å²) in [5, 5.41) is 0. The Bertz CT molecular complexity index is 829. The van der Waals surface area contributed by atoms with E-state index >= 15 is 0 Å². The molecular weight excluding hydrogens is 350 g/mol. The summed E-state index contributed by atoms with van der Waals surface area (Å²) in [5.74, 6) is 0.897. The Hall–Kier alpha value is -2.75. The van der Waals surface area contributed by atoms with Gasteiger partial charge in [0.25, 0.3) is 0 Å². The normalized spacial score (nSPS) is 21.0. The molecule has 28 heavy (non-hydrogen) atoms. The molecule has 0 aromatic heterocycles. The lowest BCUT2D eigenvalue weighted by molar-refractivity contribution is 0.0510. The van der Waals surface area contributed by atoms with Crippen molar-refractivity contribution in [3.63, 3.8) is 0 Å². The first kappa shape index (κ1) is 18.6. The predicted molar refractivity (Wildman–Crippen MR) is 110 cm³/mol. The minimum absolute atomic E-state index is 0.123. The first-order chi connectivity index (χ1) is 13.7. The summed E-state index contributed by atoms with van der Waals surface area (Å²) in [7, 11) is 0. The van der Waals surface area contributed by atoms with Crippen LogP contribution >= 0.6 is 0 Å². The SMILES string of the molecule is CCOc1ccc(C2=CC3CCCC(C2)N3C(=O)OCc2ccccc2)cc1. The molecular formula is C24H27NO3. The molecule has 146 valence electrons. The fraction of sp³-hybridized carbons (Fsp3) is 0.375. The van der Waals surface area contributed by atoms with Crippen molar-refractivity contribution in [1.82, 2.24) is 4.90 Å². The van der Waals surface area contributed by atoms with Crippen LogP contribution in [-0.4, -0.2) is 29.7 Å². The predicted octanol–water partition coefficient (Wildman–Crippen LogP) is 5.43. The van der Waals surface area contributed by atoms with Gasteiger partial charge in [-0.25, -0.2) is 4.79 Å². The summed E-state index contributed by atoms with van der Waals surface area (Å²) < 4.78 is 11.2. The van der Waals surface area contributed by atoms with Crippen LogP contribution in [0.4, 0.5) is 4.79 Å². The number of hydrogen-bond donors (Lipinski definition) is 0. The fourth-order valence-corrected chi connectivity index (χ4v) is 4.25. The maximum absolute atomic E-state index is 12.8. The van der Waals surface area contributed by atoms with Crippen molar-refractivity contribution in [1.29, 1.82) is 0 Å². The molecule has 2 unspecified atom stereocenters. The zero-order valence-electron chi connectivity index (χ0n) is 16.3. The van der Waals surface area contributed by atoms with E-state index in [0.29, 0.717) is 13.2 Å². The van der Waals surface area contributed by atoms with Gasteiger partial charge in [-0.3, -0.25) is 4.90 Å². The van der Waals surface area contributed by atoms with Gasteiger partial charge in [-0.05, 0) is 61.4 Å². The lowest BCUT2D eigenvalue weighted by atomic mass is 9.83. The molecule has 2 aliphatic rings. The number of fused-ring (bicyclic) bond motifs is 2. The highest BCUT2D eigenvalue weighted by Gasteiger charge is 2.38. The van der Waals surface area contributed by atoms with Gasteiger partial charge in [0.1, 0.15) is 12.4 Å². The van der Waals surface area contributed by atoms with E-state index in [-0.39, 0.29) is 18.2 Å². The van der Waals surface area contributed by atoms with Crippen LogP contribution in [0.25, 0.3) is 5.57 Å². The largest absolute Gasteiger partial charge is 0.494 e. The van der Waals surface area contributed by atoms with E-state index in [1.165, 1.54) is 11.1 Å². The highest BCUT2D eigenvalue weighted by Crippen LogP contribution is 2.37. The molecule has 0 saturated carbocycles. The Labute approximate surface area is 166 Å². The molecule has 0 aliphatic carbocycles. The van der Waals surface area contributed by atoms with Crippen LogP contribution in [0.1, 0.15) is 43.7 Å². The molecule has 1 fully saturated rings. The number of amides is 1. The molecule has 2 bridgehead atoms. The van der Waals surface area contributed by atoms with Crippen LogP contribution in [-0.2, 0) is 11.3 Å².